The Labute approximate surface area is 164 Å². The third kappa shape index (κ3) is 4.78. The average molecular weight is 470 g/mol. The van der Waals surface area contributed by atoms with Gasteiger partial charge < -0.3 is 25.3 Å². The number of benzene rings is 2. The highest BCUT2D eigenvalue weighted by Gasteiger charge is 2.19. The van der Waals surface area contributed by atoms with Crippen molar-refractivity contribution in [2.75, 3.05) is 26.1 Å². The molecule has 2 aromatic rings. The monoisotopic (exact) mass is 470 g/mol. The van der Waals surface area contributed by atoms with Gasteiger partial charge >= 0.3 is 0 Å². The first kappa shape index (κ1) is 19.8. The maximum Gasteiger partial charge on any atom is 0.255 e. The first-order valence-electron chi connectivity index (χ1n) is 7.60. The minimum atomic E-state index is -0.634. The van der Waals surface area contributed by atoms with Gasteiger partial charge in [0.25, 0.3) is 11.8 Å². The van der Waals surface area contributed by atoms with Gasteiger partial charge in [-0.05, 0) is 65.4 Å². The second-order valence-corrected chi connectivity index (χ2v) is 6.62. The van der Waals surface area contributed by atoms with E-state index in [4.69, 9.17) is 19.9 Å². The van der Waals surface area contributed by atoms with Crippen molar-refractivity contribution in [3.8, 4) is 17.2 Å². The van der Waals surface area contributed by atoms with Crippen molar-refractivity contribution < 1.29 is 23.8 Å². The lowest BCUT2D eigenvalue weighted by Gasteiger charge is -2.16. The highest BCUT2D eigenvalue weighted by Crippen LogP contribution is 2.38. The highest BCUT2D eigenvalue weighted by atomic mass is 127. The van der Waals surface area contributed by atoms with Crippen molar-refractivity contribution >= 4 is 40.1 Å². The zero-order valence-corrected chi connectivity index (χ0v) is 16.7. The van der Waals surface area contributed by atoms with Crippen molar-refractivity contribution in [1.29, 1.82) is 0 Å². The van der Waals surface area contributed by atoms with Gasteiger partial charge in [0.05, 0.1) is 14.2 Å². The number of carbonyl (C=O) groups excluding carboxylic acids is 2. The van der Waals surface area contributed by atoms with E-state index in [2.05, 4.69) is 27.9 Å². The summed E-state index contributed by atoms with van der Waals surface area (Å²) in [5.41, 5.74) is 7.08. The van der Waals surface area contributed by atoms with Crippen molar-refractivity contribution in [2.45, 2.75) is 6.92 Å². The number of hydrogen-bond acceptors (Lipinski definition) is 5. The molecule has 138 valence electrons. The molecule has 0 fully saturated rings. The van der Waals surface area contributed by atoms with Gasteiger partial charge in [-0.3, -0.25) is 9.59 Å². The number of hydrogen-bond donors (Lipinski definition) is 2. The summed E-state index contributed by atoms with van der Waals surface area (Å²) in [4.78, 5) is 23.6. The summed E-state index contributed by atoms with van der Waals surface area (Å²) in [5.74, 6) is -0.238. The van der Waals surface area contributed by atoms with Crippen LogP contribution >= 0.6 is 22.6 Å². The SMILES string of the molecule is COc1cc(C(=O)Nc2ccc(I)cc2C)cc(OC)c1OCC(N)=O. The second-order valence-electron chi connectivity index (χ2n) is 5.38. The van der Waals surface area contributed by atoms with Crippen LogP contribution in [0.4, 0.5) is 5.69 Å². The van der Waals surface area contributed by atoms with Gasteiger partial charge in [0, 0.05) is 14.8 Å². The number of aryl methyl sites for hydroxylation is 1. The van der Waals surface area contributed by atoms with E-state index in [1.54, 1.807) is 0 Å². The summed E-state index contributed by atoms with van der Waals surface area (Å²) < 4.78 is 16.9. The van der Waals surface area contributed by atoms with Gasteiger partial charge in [0.15, 0.2) is 18.1 Å². The topological polar surface area (TPSA) is 99.9 Å². The van der Waals surface area contributed by atoms with Gasteiger partial charge in [0.1, 0.15) is 0 Å². The van der Waals surface area contributed by atoms with Crippen LogP contribution in [-0.2, 0) is 4.79 Å². The standard InChI is InChI=1S/C18H19IN2O5/c1-10-6-12(19)4-5-13(10)21-18(23)11-7-14(24-2)17(15(8-11)25-3)26-9-16(20)22/h4-8H,9H2,1-3H3,(H2,20,22)(H,21,23). The predicted octanol–water partition coefficient (Wildman–Crippen LogP) is 2.73. The van der Waals surface area contributed by atoms with Crippen LogP contribution in [0.25, 0.3) is 0 Å². The van der Waals surface area contributed by atoms with Crippen molar-refractivity contribution in [1.82, 2.24) is 0 Å². The summed E-state index contributed by atoms with van der Waals surface area (Å²) in [6, 6.07) is 8.74. The van der Waals surface area contributed by atoms with E-state index >= 15 is 0 Å². The fourth-order valence-electron chi connectivity index (χ4n) is 2.26. The fraction of sp³-hybridized carbons (Fsp3) is 0.222. The van der Waals surface area contributed by atoms with E-state index in [9.17, 15) is 9.59 Å². The molecule has 26 heavy (non-hydrogen) atoms. The molecule has 7 nitrogen and oxygen atoms in total. The molecule has 0 radical (unpaired) electrons. The molecule has 0 bridgehead atoms. The number of nitrogens with two attached hydrogens (primary N) is 1. The van der Waals surface area contributed by atoms with Crippen LogP contribution in [0, 0.1) is 10.5 Å². The molecule has 2 rings (SSSR count). The number of rotatable bonds is 7. The predicted molar refractivity (Wildman–Crippen MR) is 106 cm³/mol. The molecule has 8 heteroatoms. The molecule has 0 aliphatic rings. The number of carbonyl (C=O) groups is 2. The van der Waals surface area contributed by atoms with Gasteiger partial charge in [0.2, 0.25) is 5.75 Å². The van der Waals surface area contributed by atoms with Gasteiger partial charge in [-0.15, -0.1) is 0 Å². The maximum atomic E-state index is 12.6. The largest absolute Gasteiger partial charge is 0.493 e. The number of halogens is 1. The van der Waals surface area contributed by atoms with Crippen LogP contribution in [-0.4, -0.2) is 32.6 Å². The summed E-state index contributed by atoms with van der Waals surface area (Å²) in [6.07, 6.45) is 0. The van der Waals surface area contributed by atoms with Crippen LogP contribution in [0.1, 0.15) is 15.9 Å². The van der Waals surface area contributed by atoms with Crippen LogP contribution in [0.3, 0.4) is 0 Å². The van der Waals surface area contributed by atoms with Gasteiger partial charge in [-0.1, -0.05) is 0 Å². The van der Waals surface area contributed by atoms with Crippen LogP contribution in [0.15, 0.2) is 30.3 Å². The Bertz CT molecular complexity index is 813. The lowest BCUT2D eigenvalue weighted by molar-refractivity contribution is -0.120. The van der Waals surface area contributed by atoms with Crippen LogP contribution in [0.2, 0.25) is 0 Å². The van der Waals surface area contributed by atoms with Gasteiger partial charge in [-0.25, -0.2) is 0 Å². The van der Waals surface area contributed by atoms with E-state index in [0.29, 0.717) is 11.3 Å². The Balaban J connectivity index is 2.33. The van der Waals surface area contributed by atoms with E-state index in [-0.39, 0.29) is 29.8 Å². The quantitative estimate of drug-likeness (QED) is 0.607. The first-order chi connectivity index (χ1) is 12.3. The fourth-order valence-corrected chi connectivity index (χ4v) is 2.91. The Morgan fingerprint density at radius 3 is 2.23 bits per heavy atom. The number of nitrogens with one attached hydrogen (secondary N) is 1. The Hall–Kier alpha value is -2.49. The molecule has 2 amide bonds. The van der Waals surface area contributed by atoms with E-state index < -0.39 is 5.91 Å². The number of anilines is 1. The summed E-state index contributed by atoms with van der Waals surface area (Å²) >= 11 is 2.21. The smallest absolute Gasteiger partial charge is 0.255 e. The average Bonchev–Trinajstić information content (AvgIpc) is 2.61. The Morgan fingerprint density at radius 1 is 1.12 bits per heavy atom. The van der Waals surface area contributed by atoms with Gasteiger partial charge in [-0.2, -0.15) is 0 Å². The normalized spacial score (nSPS) is 10.2. The lowest BCUT2D eigenvalue weighted by Crippen LogP contribution is -2.20. The summed E-state index contributed by atoms with van der Waals surface area (Å²) in [5, 5.41) is 2.86. The molecule has 0 heterocycles. The molecule has 0 aliphatic heterocycles. The van der Waals surface area contributed by atoms with E-state index in [0.717, 1.165) is 9.13 Å². The number of methoxy groups -OCH3 is 2. The third-order valence-electron chi connectivity index (χ3n) is 3.52. The molecule has 0 saturated carbocycles. The Kier molecular flexibility index (Phi) is 6.67. The third-order valence-corrected chi connectivity index (χ3v) is 4.19. The minimum absolute atomic E-state index is 0.204. The molecule has 2 aromatic carbocycles. The Morgan fingerprint density at radius 2 is 1.73 bits per heavy atom. The van der Waals surface area contributed by atoms with Crippen molar-refractivity contribution in [2.24, 2.45) is 5.73 Å². The zero-order valence-electron chi connectivity index (χ0n) is 14.6. The lowest BCUT2D eigenvalue weighted by atomic mass is 10.1. The molecular weight excluding hydrogens is 451 g/mol. The minimum Gasteiger partial charge on any atom is -0.493 e. The van der Waals surface area contributed by atoms with E-state index in [1.807, 2.05) is 25.1 Å². The second kappa shape index (κ2) is 8.75. The molecule has 0 aromatic heterocycles. The molecular formula is C18H19IN2O5. The van der Waals surface area contributed by atoms with Crippen LogP contribution < -0.4 is 25.3 Å². The van der Waals surface area contributed by atoms with E-state index in [1.165, 1.54) is 26.4 Å². The molecule has 0 atom stereocenters. The molecule has 3 N–H and O–H groups in total. The molecule has 0 saturated heterocycles. The number of ether oxygens (including phenoxy) is 3. The molecule has 0 spiro atoms. The van der Waals surface area contributed by atoms with Crippen molar-refractivity contribution in [3.63, 3.8) is 0 Å². The first-order valence-corrected chi connectivity index (χ1v) is 8.68. The maximum absolute atomic E-state index is 12.6. The summed E-state index contributed by atoms with van der Waals surface area (Å²) in [7, 11) is 2.85. The number of primary amides is 1. The van der Waals surface area contributed by atoms with Crippen LogP contribution in [0.5, 0.6) is 17.2 Å². The highest BCUT2D eigenvalue weighted by molar-refractivity contribution is 14.1. The summed E-state index contributed by atoms with van der Waals surface area (Å²) in [6.45, 7) is 1.58. The zero-order chi connectivity index (χ0) is 19.3. The molecule has 0 unspecified atom stereocenters. The van der Waals surface area contributed by atoms with Crippen molar-refractivity contribution in [3.05, 3.63) is 45.0 Å². The molecule has 0 aliphatic carbocycles. The number of amides is 2.